The third-order valence-corrected chi connectivity index (χ3v) is 3.84. The summed E-state index contributed by atoms with van der Waals surface area (Å²) in [5, 5.41) is 0.593. The molecule has 0 atom stereocenters. The Morgan fingerprint density at radius 3 is 2.84 bits per heavy atom. The number of aromatic nitrogens is 2. The highest BCUT2D eigenvalue weighted by Gasteiger charge is 2.14. The quantitative estimate of drug-likeness (QED) is 0.562. The Bertz CT molecular complexity index is 730. The number of hydrogen-bond acceptors (Lipinski definition) is 4. The molecule has 8 heteroatoms. The second kappa shape index (κ2) is 5.64. The molecule has 19 heavy (non-hydrogen) atoms. The molecule has 0 fully saturated rings. The Labute approximate surface area is 131 Å². The number of pyridine rings is 1. The molecular weight excluding hydrogens is 406 g/mol. The van der Waals surface area contributed by atoms with Gasteiger partial charge in [0.05, 0.1) is 15.7 Å². The van der Waals surface area contributed by atoms with Crippen LogP contribution in [0.5, 0.6) is 0 Å². The van der Waals surface area contributed by atoms with Crippen LogP contribution >= 0.6 is 45.8 Å². The van der Waals surface area contributed by atoms with Crippen LogP contribution in [0.3, 0.4) is 0 Å². The summed E-state index contributed by atoms with van der Waals surface area (Å²) in [7, 11) is 0. The van der Waals surface area contributed by atoms with Gasteiger partial charge < -0.3 is 4.74 Å². The largest absolute Gasteiger partial charge is 0.459 e. The molecule has 0 aliphatic rings. The summed E-state index contributed by atoms with van der Waals surface area (Å²) in [5.41, 5.74) is 0.334. The van der Waals surface area contributed by atoms with E-state index in [0.29, 0.717) is 14.3 Å². The molecule has 2 rings (SSSR count). The van der Waals surface area contributed by atoms with Crippen LogP contribution in [0.4, 0.5) is 0 Å². The van der Waals surface area contributed by atoms with Gasteiger partial charge in [-0.25, -0.2) is 4.98 Å². The summed E-state index contributed by atoms with van der Waals surface area (Å²) < 4.78 is 6.48. The van der Waals surface area contributed by atoms with Crippen molar-refractivity contribution in [3.05, 3.63) is 41.9 Å². The summed E-state index contributed by atoms with van der Waals surface area (Å²) in [4.78, 5) is 27.2. The number of ether oxygens (including phenoxy) is 1. The topological polar surface area (TPSA) is 60.7 Å². The fraction of sp³-hybridized carbons (Fsp3) is 0.182. The summed E-state index contributed by atoms with van der Waals surface area (Å²) in [6.07, 6.45) is 1.44. The van der Waals surface area contributed by atoms with Crippen molar-refractivity contribution < 1.29 is 9.53 Å². The maximum absolute atomic E-state index is 12.2. The lowest BCUT2D eigenvalue weighted by Crippen LogP contribution is -2.21. The fourth-order valence-electron chi connectivity index (χ4n) is 1.46. The maximum atomic E-state index is 12.2. The van der Waals surface area contributed by atoms with E-state index in [1.165, 1.54) is 23.6 Å². The van der Waals surface area contributed by atoms with E-state index in [1.807, 2.05) is 22.6 Å². The minimum atomic E-state index is -0.444. The molecule has 0 saturated carbocycles. The van der Waals surface area contributed by atoms with E-state index in [4.69, 9.17) is 27.9 Å². The van der Waals surface area contributed by atoms with Gasteiger partial charge in [-0.1, -0.05) is 23.2 Å². The second-order valence-corrected chi connectivity index (χ2v) is 5.58. The Hall–Kier alpha value is -0.860. The van der Waals surface area contributed by atoms with Gasteiger partial charge in [0, 0.05) is 13.1 Å². The molecule has 0 unspecified atom stereocenters. The molecule has 0 aliphatic carbocycles. The van der Waals surface area contributed by atoms with Crippen molar-refractivity contribution in [1.29, 1.82) is 0 Å². The van der Waals surface area contributed by atoms with E-state index in [1.54, 1.807) is 0 Å². The first-order valence-corrected chi connectivity index (χ1v) is 6.92. The van der Waals surface area contributed by atoms with Gasteiger partial charge in [-0.05, 0) is 28.7 Å². The Kier molecular flexibility index (Phi) is 4.32. The zero-order chi connectivity index (χ0) is 14.2. The summed E-state index contributed by atoms with van der Waals surface area (Å²) in [5.74, 6) is -0.444. The van der Waals surface area contributed by atoms with Crippen LogP contribution < -0.4 is 5.56 Å². The molecule has 0 N–H and O–H groups in total. The molecule has 0 radical (unpaired) electrons. The molecule has 2 heterocycles. The normalized spacial score (nSPS) is 10.7. The average molecular weight is 413 g/mol. The number of esters is 1. The van der Waals surface area contributed by atoms with Crippen LogP contribution in [-0.2, 0) is 16.1 Å². The Morgan fingerprint density at radius 2 is 2.21 bits per heavy atom. The van der Waals surface area contributed by atoms with Gasteiger partial charge in [0.2, 0.25) is 0 Å². The van der Waals surface area contributed by atoms with E-state index in [2.05, 4.69) is 4.98 Å². The first kappa shape index (κ1) is 14.5. The SMILES string of the molecule is CC(=O)OCc1nc2c(Cl)cc(Cl)cn2c(=O)c1I. The van der Waals surface area contributed by atoms with Crippen molar-refractivity contribution in [1.82, 2.24) is 9.38 Å². The van der Waals surface area contributed by atoms with Gasteiger partial charge in [-0.2, -0.15) is 0 Å². The van der Waals surface area contributed by atoms with Crippen LogP contribution in [0.25, 0.3) is 5.65 Å². The van der Waals surface area contributed by atoms with Gasteiger partial charge in [0.15, 0.2) is 5.65 Å². The molecule has 100 valence electrons. The van der Waals surface area contributed by atoms with Crippen molar-refractivity contribution in [3.8, 4) is 0 Å². The maximum Gasteiger partial charge on any atom is 0.303 e. The predicted molar refractivity (Wildman–Crippen MR) is 79.7 cm³/mol. The smallest absolute Gasteiger partial charge is 0.303 e. The minimum absolute atomic E-state index is 0.0711. The molecule has 0 saturated heterocycles. The van der Waals surface area contributed by atoms with Crippen LogP contribution in [0.2, 0.25) is 10.0 Å². The van der Waals surface area contributed by atoms with Crippen molar-refractivity contribution in [2.45, 2.75) is 13.5 Å². The highest BCUT2D eigenvalue weighted by atomic mass is 127. The van der Waals surface area contributed by atoms with Gasteiger partial charge >= 0.3 is 5.97 Å². The number of carbonyl (C=O) groups is 1. The molecule has 5 nitrogen and oxygen atoms in total. The molecular formula is C11H7Cl2IN2O3. The summed E-state index contributed by atoms with van der Waals surface area (Å²) in [6, 6.07) is 1.49. The monoisotopic (exact) mass is 412 g/mol. The van der Waals surface area contributed by atoms with Crippen LogP contribution in [0, 0.1) is 3.57 Å². The third-order valence-electron chi connectivity index (χ3n) is 2.27. The summed E-state index contributed by atoms with van der Waals surface area (Å²) in [6.45, 7) is 1.21. The number of fused-ring (bicyclic) bond motifs is 1. The van der Waals surface area contributed by atoms with Crippen molar-refractivity contribution >= 4 is 57.4 Å². The molecule has 0 bridgehead atoms. The van der Waals surface area contributed by atoms with E-state index >= 15 is 0 Å². The molecule has 0 aliphatic heterocycles. The van der Waals surface area contributed by atoms with Crippen molar-refractivity contribution in [3.63, 3.8) is 0 Å². The molecule has 0 aromatic carbocycles. The van der Waals surface area contributed by atoms with Crippen LogP contribution in [0.15, 0.2) is 17.1 Å². The second-order valence-electron chi connectivity index (χ2n) is 3.66. The number of hydrogen-bond donors (Lipinski definition) is 0. The van der Waals surface area contributed by atoms with Gasteiger partial charge in [0.1, 0.15) is 10.2 Å². The minimum Gasteiger partial charge on any atom is -0.459 e. The Morgan fingerprint density at radius 1 is 1.53 bits per heavy atom. The zero-order valence-electron chi connectivity index (χ0n) is 9.61. The van der Waals surface area contributed by atoms with Gasteiger partial charge in [-0.15, -0.1) is 0 Å². The van der Waals surface area contributed by atoms with E-state index < -0.39 is 5.97 Å². The fourth-order valence-corrected chi connectivity index (χ4v) is 2.51. The van der Waals surface area contributed by atoms with Crippen molar-refractivity contribution in [2.24, 2.45) is 0 Å². The van der Waals surface area contributed by atoms with E-state index in [9.17, 15) is 9.59 Å². The number of carbonyl (C=O) groups excluding carboxylic acids is 1. The van der Waals surface area contributed by atoms with E-state index in [-0.39, 0.29) is 22.8 Å². The molecule has 0 spiro atoms. The number of nitrogens with zero attached hydrogens (tertiary/aromatic N) is 2. The standard InChI is InChI=1S/C11H7Cl2IN2O3/c1-5(17)19-4-8-9(14)11(18)16-3-6(12)2-7(13)10(16)15-8/h2-3H,4H2,1H3. The lowest BCUT2D eigenvalue weighted by Gasteiger charge is -2.08. The molecule has 2 aromatic heterocycles. The van der Waals surface area contributed by atoms with Gasteiger partial charge in [0.25, 0.3) is 5.56 Å². The van der Waals surface area contributed by atoms with Crippen LogP contribution in [0.1, 0.15) is 12.6 Å². The number of rotatable bonds is 2. The first-order chi connectivity index (χ1) is 8.90. The third kappa shape index (κ3) is 3.01. The van der Waals surface area contributed by atoms with Crippen molar-refractivity contribution in [2.75, 3.05) is 0 Å². The first-order valence-electron chi connectivity index (χ1n) is 5.09. The predicted octanol–water partition coefficient (Wildman–Crippen LogP) is 2.67. The Balaban J connectivity index is 2.66. The number of halogens is 3. The zero-order valence-corrected chi connectivity index (χ0v) is 13.3. The highest BCUT2D eigenvalue weighted by molar-refractivity contribution is 14.1. The molecule has 0 amide bonds. The summed E-state index contributed by atoms with van der Waals surface area (Å²) >= 11 is 13.7. The lowest BCUT2D eigenvalue weighted by atomic mass is 10.4. The lowest BCUT2D eigenvalue weighted by molar-refractivity contribution is -0.142. The van der Waals surface area contributed by atoms with E-state index in [0.717, 1.165) is 0 Å². The van der Waals surface area contributed by atoms with Crippen LogP contribution in [-0.4, -0.2) is 15.4 Å². The van der Waals surface area contributed by atoms with Gasteiger partial charge in [-0.3, -0.25) is 14.0 Å². The molecule has 2 aromatic rings. The highest BCUT2D eigenvalue weighted by Crippen LogP contribution is 2.21. The average Bonchev–Trinajstić information content (AvgIpc) is 2.32.